The first-order chi connectivity index (χ1) is 13.7. The molecule has 0 saturated carbocycles. The summed E-state index contributed by atoms with van der Waals surface area (Å²) >= 11 is 0. The zero-order valence-electron chi connectivity index (χ0n) is 16.0. The molecule has 1 aromatic rings. The molecule has 10 nitrogen and oxygen atoms in total. The van der Waals surface area contributed by atoms with Crippen LogP contribution in [0.3, 0.4) is 0 Å². The predicted octanol–water partition coefficient (Wildman–Crippen LogP) is 1.08. The molecule has 0 spiro atoms. The third kappa shape index (κ3) is 9.51. The van der Waals surface area contributed by atoms with Gasteiger partial charge in [-0.05, 0) is 25.1 Å². The number of carbonyl (C=O) groups is 4. The van der Waals surface area contributed by atoms with Crippen LogP contribution in [0.25, 0.3) is 0 Å². The SMILES string of the molecule is CCOC(=O)N1CCN(CCC(=O)Nc2cccc(F)c2)CC1.O=C(O)C(=O)O. The largest absolute Gasteiger partial charge is 0.473 e. The highest BCUT2D eigenvalue weighted by molar-refractivity contribution is 6.27. The number of benzene rings is 1. The summed E-state index contributed by atoms with van der Waals surface area (Å²) in [4.78, 5) is 45.5. The topological polar surface area (TPSA) is 136 Å². The van der Waals surface area contributed by atoms with E-state index in [4.69, 9.17) is 24.5 Å². The van der Waals surface area contributed by atoms with Gasteiger partial charge in [0.25, 0.3) is 0 Å². The van der Waals surface area contributed by atoms with Gasteiger partial charge in [0.15, 0.2) is 0 Å². The number of halogens is 1. The van der Waals surface area contributed by atoms with Crippen molar-refractivity contribution in [2.24, 2.45) is 0 Å². The molecule has 1 aromatic carbocycles. The lowest BCUT2D eigenvalue weighted by Gasteiger charge is -2.33. The van der Waals surface area contributed by atoms with E-state index in [1.54, 1.807) is 24.0 Å². The number of carboxylic acid groups (broad SMARTS) is 2. The van der Waals surface area contributed by atoms with E-state index in [0.717, 1.165) is 0 Å². The summed E-state index contributed by atoms with van der Waals surface area (Å²) < 4.78 is 18.0. The van der Waals surface area contributed by atoms with Crippen LogP contribution < -0.4 is 5.32 Å². The molecule has 0 radical (unpaired) electrons. The number of amides is 2. The van der Waals surface area contributed by atoms with Gasteiger partial charge in [-0.2, -0.15) is 0 Å². The summed E-state index contributed by atoms with van der Waals surface area (Å²) in [5.41, 5.74) is 0.460. The minimum absolute atomic E-state index is 0.150. The van der Waals surface area contributed by atoms with E-state index < -0.39 is 11.9 Å². The van der Waals surface area contributed by atoms with Crippen molar-refractivity contribution in [1.29, 1.82) is 0 Å². The number of carbonyl (C=O) groups excluding carboxylic acids is 2. The fraction of sp³-hybridized carbons (Fsp3) is 0.444. The molecule has 160 valence electrons. The Labute approximate surface area is 166 Å². The Balaban J connectivity index is 0.000000612. The lowest BCUT2D eigenvalue weighted by Crippen LogP contribution is -2.49. The average Bonchev–Trinajstić information content (AvgIpc) is 2.67. The number of anilines is 1. The molecule has 1 heterocycles. The summed E-state index contributed by atoms with van der Waals surface area (Å²) in [6.45, 7) is 5.40. The molecule has 1 saturated heterocycles. The van der Waals surface area contributed by atoms with Crippen molar-refractivity contribution in [3.63, 3.8) is 0 Å². The molecule has 1 aliphatic rings. The molecule has 0 bridgehead atoms. The molecular weight excluding hydrogens is 389 g/mol. The highest BCUT2D eigenvalue weighted by Gasteiger charge is 2.22. The van der Waals surface area contributed by atoms with Gasteiger partial charge in [-0.25, -0.2) is 18.8 Å². The fourth-order valence-electron chi connectivity index (χ4n) is 2.42. The molecule has 0 unspecified atom stereocenters. The number of nitrogens with zero attached hydrogens (tertiary/aromatic N) is 2. The van der Waals surface area contributed by atoms with Gasteiger partial charge in [-0.3, -0.25) is 9.69 Å². The van der Waals surface area contributed by atoms with Crippen molar-refractivity contribution in [2.75, 3.05) is 44.6 Å². The summed E-state index contributed by atoms with van der Waals surface area (Å²) in [5.74, 6) is -4.17. The number of piperazine rings is 1. The lowest BCUT2D eigenvalue weighted by molar-refractivity contribution is -0.159. The summed E-state index contributed by atoms with van der Waals surface area (Å²) in [6.07, 6.45) is 0.0478. The van der Waals surface area contributed by atoms with Crippen LogP contribution >= 0.6 is 0 Å². The molecule has 0 aromatic heterocycles. The van der Waals surface area contributed by atoms with E-state index in [2.05, 4.69) is 10.2 Å². The second-order valence-corrected chi connectivity index (χ2v) is 5.95. The van der Waals surface area contributed by atoms with Crippen molar-refractivity contribution in [1.82, 2.24) is 9.80 Å². The van der Waals surface area contributed by atoms with Crippen LogP contribution in [0, 0.1) is 5.82 Å². The zero-order valence-corrected chi connectivity index (χ0v) is 16.0. The first-order valence-electron chi connectivity index (χ1n) is 8.88. The molecule has 11 heteroatoms. The molecule has 2 amide bonds. The van der Waals surface area contributed by atoms with Gasteiger partial charge in [0.05, 0.1) is 6.61 Å². The third-order valence-corrected chi connectivity index (χ3v) is 3.84. The molecule has 1 aliphatic heterocycles. The standard InChI is InChI=1S/C16H22FN3O3.C2H2O4/c1-2-23-16(22)20-10-8-19(9-11-20)7-6-15(21)18-14-5-3-4-13(17)12-14;3-1(4)2(5)6/h3-5,12H,2,6-11H2,1H3,(H,18,21);(H,3,4)(H,5,6). The Hall–Kier alpha value is -3.21. The summed E-state index contributed by atoms with van der Waals surface area (Å²) in [7, 11) is 0. The van der Waals surface area contributed by atoms with Crippen LogP contribution in [0.2, 0.25) is 0 Å². The Morgan fingerprint density at radius 3 is 2.24 bits per heavy atom. The molecule has 0 aliphatic carbocycles. The molecule has 29 heavy (non-hydrogen) atoms. The van der Waals surface area contributed by atoms with Gasteiger partial charge in [0.1, 0.15) is 5.82 Å². The fourth-order valence-corrected chi connectivity index (χ4v) is 2.42. The Morgan fingerprint density at radius 2 is 1.72 bits per heavy atom. The maximum absolute atomic E-state index is 13.0. The molecule has 2 rings (SSSR count). The molecule has 1 fully saturated rings. The van der Waals surface area contributed by atoms with Gasteiger partial charge >= 0.3 is 18.0 Å². The van der Waals surface area contributed by atoms with E-state index in [9.17, 15) is 14.0 Å². The molecule has 3 N–H and O–H groups in total. The van der Waals surface area contributed by atoms with Crippen LogP contribution in [-0.2, 0) is 19.1 Å². The van der Waals surface area contributed by atoms with Crippen LogP contribution in [0.5, 0.6) is 0 Å². The Kier molecular flexibility index (Phi) is 10.1. The van der Waals surface area contributed by atoms with Gasteiger partial charge in [0, 0.05) is 44.8 Å². The van der Waals surface area contributed by atoms with Crippen molar-refractivity contribution >= 4 is 29.6 Å². The maximum Gasteiger partial charge on any atom is 0.414 e. The highest BCUT2D eigenvalue weighted by Crippen LogP contribution is 2.10. The van der Waals surface area contributed by atoms with E-state index in [1.165, 1.54) is 12.1 Å². The zero-order chi connectivity index (χ0) is 21.8. The molecule has 0 atom stereocenters. The lowest BCUT2D eigenvalue weighted by atomic mass is 10.2. The third-order valence-electron chi connectivity index (χ3n) is 3.84. The van der Waals surface area contributed by atoms with Gasteiger partial charge < -0.3 is 25.2 Å². The maximum atomic E-state index is 13.0. The second-order valence-electron chi connectivity index (χ2n) is 5.95. The van der Waals surface area contributed by atoms with Crippen molar-refractivity contribution in [3.8, 4) is 0 Å². The summed E-state index contributed by atoms with van der Waals surface area (Å²) in [5, 5.41) is 17.5. The number of ether oxygens (including phenoxy) is 1. The van der Waals surface area contributed by atoms with Gasteiger partial charge in [-0.1, -0.05) is 6.07 Å². The predicted molar refractivity (Wildman–Crippen MR) is 100.0 cm³/mol. The normalized spacial score (nSPS) is 13.7. The van der Waals surface area contributed by atoms with E-state index >= 15 is 0 Å². The average molecular weight is 413 g/mol. The number of hydrogen-bond donors (Lipinski definition) is 3. The minimum atomic E-state index is -1.82. The number of hydrogen-bond acceptors (Lipinski definition) is 6. The monoisotopic (exact) mass is 413 g/mol. The quantitative estimate of drug-likeness (QED) is 0.610. The van der Waals surface area contributed by atoms with Crippen LogP contribution in [0.15, 0.2) is 24.3 Å². The van der Waals surface area contributed by atoms with E-state index in [1.807, 2.05) is 0 Å². The smallest absolute Gasteiger partial charge is 0.414 e. The van der Waals surface area contributed by atoms with E-state index in [-0.39, 0.29) is 17.8 Å². The summed E-state index contributed by atoms with van der Waals surface area (Å²) in [6, 6.07) is 5.83. The van der Waals surface area contributed by atoms with Crippen molar-refractivity contribution < 1.29 is 38.5 Å². The first-order valence-corrected chi connectivity index (χ1v) is 8.88. The van der Waals surface area contributed by atoms with Crippen molar-refractivity contribution in [3.05, 3.63) is 30.1 Å². The Bertz CT molecular complexity index is 709. The van der Waals surface area contributed by atoms with Gasteiger partial charge in [-0.15, -0.1) is 0 Å². The van der Waals surface area contributed by atoms with Crippen LogP contribution in [-0.4, -0.2) is 83.3 Å². The number of carboxylic acids is 2. The minimum Gasteiger partial charge on any atom is -0.473 e. The van der Waals surface area contributed by atoms with Crippen LogP contribution in [0.4, 0.5) is 14.9 Å². The molecular formula is C18H24FN3O7. The van der Waals surface area contributed by atoms with Crippen LogP contribution in [0.1, 0.15) is 13.3 Å². The Morgan fingerprint density at radius 1 is 1.10 bits per heavy atom. The van der Waals surface area contributed by atoms with Gasteiger partial charge in [0.2, 0.25) is 5.91 Å². The second kappa shape index (κ2) is 12.3. The first kappa shape index (κ1) is 23.8. The van der Waals surface area contributed by atoms with E-state index in [0.29, 0.717) is 51.4 Å². The number of rotatable bonds is 5. The highest BCUT2D eigenvalue weighted by atomic mass is 19.1. The number of aliphatic carboxylic acids is 2. The number of nitrogens with one attached hydrogen (secondary N) is 1. The van der Waals surface area contributed by atoms with Crippen molar-refractivity contribution in [2.45, 2.75) is 13.3 Å².